The van der Waals surface area contributed by atoms with Crippen LogP contribution in [0.1, 0.15) is 12.8 Å². The summed E-state index contributed by atoms with van der Waals surface area (Å²) in [5.41, 5.74) is 0. The van der Waals surface area contributed by atoms with E-state index in [1.807, 2.05) is 7.05 Å². The summed E-state index contributed by atoms with van der Waals surface area (Å²) < 4.78 is 10.8. The summed E-state index contributed by atoms with van der Waals surface area (Å²) in [5.74, 6) is 1.44. The van der Waals surface area contributed by atoms with Gasteiger partial charge in [-0.2, -0.15) is 0 Å². The maximum atomic E-state index is 5.55. The van der Waals surface area contributed by atoms with E-state index in [9.17, 15) is 0 Å². The van der Waals surface area contributed by atoms with Crippen LogP contribution >= 0.6 is 0 Å². The molecule has 2 rings (SSSR count). The second kappa shape index (κ2) is 6.69. The Labute approximate surface area is 105 Å². The molecule has 0 radical (unpaired) electrons. The summed E-state index contributed by atoms with van der Waals surface area (Å²) in [6.07, 6.45) is 2.57. The van der Waals surface area contributed by atoms with Gasteiger partial charge in [-0.1, -0.05) is 0 Å². The molecule has 0 amide bonds. The summed E-state index contributed by atoms with van der Waals surface area (Å²) in [6.45, 7) is 6.36. The molecule has 4 heteroatoms. The van der Waals surface area contributed by atoms with Crippen molar-refractivity contribution in [2.45, 2.75) is 18.9 Å². The number of nitrogens with one attached hydrogen (secondary N) is 1. The average Bonchev–Trinajstić information content (AvgIpc) is 2.79. The monoisotopic (exact) mass is 242 g/mol. The van der Waals surface area contributed by atoms with Crippen LogP contribution in [0.15, 0.2) is 0 Å². The Kier molecular flexibility index (Phi) is 5.22. The predicted octanol–water partition coefficient (Wildman–Crippen LogP) is 0.579. The lowest BCUT2D eigenvalue weighted by Gasteiger charge is -2.34. The lowest BCUT2D eigenvalue weighted by atomic mass is 9.96. The Morgan fingerprint density at radius 1 is 1.29 bits per heavy atom. The van der Waals surface area contributed by atoms with Crippen LogP contribution in [0.2, 0.25) is 0 Å². The summed E-state index contributed by atoms with van der Waals surface area (Å²) in [6, 6.07) is 0.548. The predicted molar refractivity (Wildman–Crippen MR) is 68.2 cm³/mol. The van der Waals surface area contributed by atoms with Crippen molar-refractivity contribution in [2.24, 2.45) is 11.8 Å². The maximum Gasteiger partial charge on any atom is 0.0623 e. The number of methoxy groups -OCH3 is 1. The fourth-order valence-corrected chi connectivity index (χ4v) is 3.00. The highest BCUT2D eigenvalue weighted by atomic mass is 16.5. The summed E-state index contributed by atoms with van der Waals surface area (Å²) in [5, 5.41) is 3.36. The molecule has 2 atom stereocenters. The molecule has 0 aromatic rings. The zero-order valence-corrected chi connectivity index (χ0v) is 11.2. The SMILES string of the molecule is CNC1COCC1CN1CCC(COC)CC1. The van der Waals surface area contributed by atoms with Crippen LogP contribution in [0.4, 0.5) is 0 Å². The third kappa shape index (κ3) is 3.65. The van der Waals surface area contributed by atoms with Crippen molar-refractivity contribution in [3.8, 4) is 0 Å². The standard InChI is InChI=1S/C13H26N2O2/c1-14-13-10-17-9-12(13)7-15-5-3-11(4-6-15)8-16-2/h11-14H,3-10H2,1-2H3. The first-order valence-corrected chi connectivity index (χ1v) is 6.79. The molecule has 0 aliphatic carbocycles. The van der Waals surface area contributed by atoms with Crippen molar-refractivity contribution in [3.05, 3.63) is 0 Å². The van der Waals surface area contributed by atoms with Gasteiger partial charge in [0.25, 0.3) is 0 Å². The van der Waals surface area contributed by atoms with Gasteiger partial charge in [-0.15, -0.1) is 0 Å². The lowest BCUT2D eigenvalue weighted by molar-refractivity contribution is 0.0889. The number of ether oxygens (including phenoxy) is 2. The first kappa shape index (κ1) is 13.3. The normalized spacial score (nSPS) is 32.1. The highest BCUT2D eigenvalue weighted by Gasteiger charge is 2.29. The van der Waals surface area contributed by atoms with Crippen molar-refractivity contribution >= 4 is 0 Å². The van der Waals surface area contributed by atoms with Crippen LogP contribution < -0.4 is 5.32 Å². The van der Waals surface area contributed by atoms with E-state index in [0.717, 1.165) is 25.7 Å². The third-order valence-electron chi connectivity index (χ3n) is 4.17. The van der Waals surface area contributed by atoms with Gasteiger partial charge in [-0.3, -0.25) is 0 Å². The van der Waals surface area contributed by atoms with E-state index in [1.54, 1.807) is 7.11 Å². The highest BCUT2D eigenvalue weighted by molar-refractivity contribution is 4.84. The van der Waals surface area contributed by atoms with E-state index in [1.165, 1.54) is 32.5 Å². The Balaban J connectivity index is 1.70. The summed E-state index contributed by atoms with van der Waals surface area (Å²) >= 11 is 0. The molecule has 17 heavy (non-hydrogen) atoms. The van der Waals surface area contributed by atoms with Gasteiger partial charge in [0.1, 0.15) is 0 Å². The second-order valence-corrected chi connectivity index (χ2v) is 5.39. The minimum Gasteiger partial charge on any atom is -0.384 e. The minimum atomic E-state index is 0.548. The van der Waals surface area contributed by atoms with Gasteiger partial charge in [0.05, 0.1) is 13.2 Å². The molecule has 0 spiro atoms. The van der Waals surface area contributed by atoms with Gasteiger partial charge < -0.3 is 19.7 Å². The number of nitrogens with zero attached hydrogens (tertiary/aromatic N) is 1. The van der Waals surface area contributed by atoms with E-state index < -0.39 is 0 Å². The largest absolute Gasteiger partial charge is 0.384 e. The van der Waals surface area contributed by atoms with Gasteiger partial charge in [-0.25, -0.2) is 0 Å². The topological polar surface area (TPSA) is 33.7 Å². The molecule has 4 nitrogen and oxygen atoms in total. The molecule has 0 aromatic carbocycles. The number of piperidine rings is 1. The molecule has 2 aliphatic rings. The lowest BCUT2D eigenvalue weighted by Crippen LogP contribution is -2.43. The smallest absolute Gasteiger partial charge is 0.0623 e. The second-order valence-electron chi connectivity index (χ2n) is 5.39. The highest BCUT2D eigenvalue weighted by Crippen LogP contribution is 2.21. The molecule has 2 heterocycles. The van der Waals surface area contributed by atoms with E-state index in [-0.39, 0.29) is 0 Å². The third-order valence-corrected chi connectivity index (χ3v) is 4.17. The average molecular weight is 242 g/mol. The molecular weight excluding hydrogens is 216 g/mol. The minimum absolute atomic E-state index is 0.548. The Morgan fingerprint density at radius 2 is 2.06 bits per heavy atom. The molecule has 0 saturated carbocycles. The number of likely N-dealkylation sites (N-methyl/N-ethyl adjacent to an activating group) is 1. The molecule has 2 unspecified atom stereocenters. The van der Waals surface area contributed by atoms with Crippen molar-refractivity contribution in [1.82, 2.24) is 10.2 Å². The molecule has 100 valence electrons. The zero-order valence-electron chi connectivity index (χ0n) is 11.2. The molecule has 0 bridgehead atoms. The molecule has 2 saturated heterocycles. The van der Waals surface area contributed by atoms with Crippen molar-refractivity contribution in [1.29, 1.82) is 0 Å². The number of rotatable bonds is 5. The summed E-state index contributed by atoms with van der Waals surface area (Å²) in [7, 11) is 3.84. The molecule has 0 aromatic heterocycles. The van der Waals surface area contributed by atoms with Gasteiger partial charge >= 0.3 is 0 Å². The Bertz CT molecular complexity index is 217. The zero-order chi connectivity index (χ0) is 12.1. The van der Waals surface area contributed by atoms with Crippen LogP contribution in [-0.4, -0.2) is 64.6 Å². The van der Waals surface area contributed by atoms with Crippen LogP contribution in [0.25, 0.3) is 0 Å². The van der Waals surface area contributed by atoms with Crippen molar-refractivity contribution in [3.63, 3.8) is 0 Å². The molecule has 1 N–H and O–H groups in total. The number of hydrogen-bond acceptors (Lipinski definition) is 4. The van der Waals surface area contributed by atoms with Crippen LogP contribution in [0, 0.1) is 11.8 Å². The number of likely N-dealkylation sites (tertiary alicyclic amines) is 1. The van der Waals surface area contributed by atoms with E-state index in [4.69, 9.17) is 9.47 Å². The molecule has 2 fully saturated rings. The van der Waals surface area contributed by atoms with Gasteiger partial charge in [0, 0.05) is 32.2 Å². The van der Waals surface area contributed by atoms with Gasteiger partial charge in [0.2, 0.25) is 0 Å². The summed E-state index contributed by atoms with van der Waals surface area (Å²) in [4.78, 5) is 2.59. The quantitative estimate of drug-likeness (QED) is 0.764. The first-order chi connectivity index (χ1) is 8.33. The van der Waals surface area contributed by atoms with Gasteiger partial charge in [-0.05, 0) is 38.9 Å². The van der Waals surface area contributed by atoms with Crippen LogP contribution in [0.3, 0.4) is 0 Å². The first-order valence-electron chi connectivity index (χ1n) is 6.79. The van der Waals surface area contributed by atoms with E-state index in [2.05, 4.69) is 10.2 Å². The van der Waals surface area contributed by atoms with Crippen LogP contribution in [-0.2, 0) is 9.47 Å². The van der Waals surface area contributed by atoms with Crippen molar-refractivity contribution in [2.75, 3.05) is 53.6 Å². The Morgan fingerprint density at radius 3 is 2.71 bits per heavy atom. The van der Waals surface area contributed by atoms with E-state index in [0.29, 0.717) is 12.0 Å². The maximum absolute atomic E-state index is 5.55. The molecular formula is C13H26N2O2. The molecule has 2 aliphatic heterocycles. The fourth-order valence-electron chi connectivity index (χ4n) is 3.00. The fraction of sp³-hybridized carbons (Fsp3) is 1.00. The number of hydrogen-bond donors (Lipinski definition) is 1. The Hall–Kier alpha value is -0.160. The van der Waals surface area contributed by atoms with Gasteiger partial charge in [0.15, 0.2) is 0 Å². The van der Waals surface area contributed by atoms with E-state index >= 15 is 0 Å². The van der Waals surface area contributed by atoms with Crippen molar-refractivity contribution < 1.29 is 9.47 Å². The van der Waals surface area contributed by atoms with Crippen LogP contribution in [0.5, 0.6) is 0 Å².